The molecule has 7 nitrogen and oxygen atoms in total. The average molecular weight is 527 g/mol. The number of rotatable bonds is 8. The van der Waals surface area contributed by atoms with Gasteiger partial charge in [0.05, 0.1) is 17.7 Å². The molecule has 0 saturated heterocycles. The highest BCUT2D eigenvalue weighted by Gasteiger charge is 2.27. The zero-order valence-corrected chi connectivity index (χ0v) is 20.0. The smallest absolute Gasteiger partial charge is 0.255 e. The van der Waals surface area contributed by atoms with Crippen molar-refractivity contribution in [3.63, 3.8) is 0 Å². The first kappa shape index (κ1) is 25.0. The van der Waals surface area contributed by atoms with E-state index in [9.17, 15) is 18.3 Å². The van der Waals surface area contributed by atoms with Crippen molar-refractivity contribution in [3.05, 3.63) is 92.9 Å². The summed E-state index contributed by atoms with van der Waals surface area (Å²) in [4.78, 5) is 12.5. The molecule has 33 heavy (non-hydrogen) atoms. The summed E-state index contributed by atoms with van der Waals surface area (Å²) in [5.74, 6) is -0.562. The van der Waals surface area contributed by atoms with Gasteiger partial charge in [-0.1, -0.05) is 40.9 Å². The third-order valence-electron chi connectivity index (χ3n) is 4.43. The number of nitrogens with zero attached hydrogens (tertiary/aromatic N) is 2. The van der Waals surface area contributed by atoms with E-state index in [2.05, 4.69) is 10.5 Å². The van der Waals surface area contributed by atoms with Crippen LogP contribution in [0.3, 0.4) is 0 Å². The molecule has 0 atom stereocenters. The van der Waals surface area contributed by atoms with Crippen molar-refractivity contribution in [3.8, 4) is 5.75 Å². The van der Waals surface area contributed by atoms with Gasteiger partial charge >= 0.3 is 0 Å². The zero-order chi connectivity index (χ0) is 24.0. The summed E-state index contributed by atoms with van der Waals surface area (Å²) in [5, 5.41) is 14.2. The van der Waals surface area contributed by atoms with Crippen LogP contribution in [0, 0.1) is 0 Å². The molecular weight excluding hydrogens is 509 g/mol. The highest BCUT2D eigenvalue weighted by Crippen LogP contribution is 2.25. The number of halogens is 3. The second kappa shape index (κ2) is 11.0. The van der Waals surface area contributed by atoms with Crippen molar-refractivity contribution in [1.82, 2.24) is 9.73 Å². The fourth-order valence-electron chi connectivity index (χ4n) is 2.76. The van der Waals surface area contributed by atoms with Gasteiger partial charge in [-0.2, -0.15) is 9.41 Å². The molecule has 0 radical (unpaired) electrons. The number of phenolic OH excluding ortho intramolecular Hbond substituents is 1. The molecule has 0 aliphatic rings. The van der Waals surface area contributed by atoms with Crippen LogP contribution in [0.15, 0.2) is 76.7 Å². The minimum atomic E-state index is -4.08. The molecule has 3 rings (SSSR count). The Hall–Kier alpha value is -2.62. The lowest BCUT2D eigenvalue weighted by Gasteiger charge is -2.22. The summed E-state index contributed by atoms with van der Waals surface area (Å²) in [6.45, 7) is -0.688. The van der Waals surface area contributed by atoms with Crippen molar-refractivity contribution in [1.29, 1.82) is 0 Å². The fraction of sp³-hybridized carbons (Fsp3) is 0.0909. The maximum Gasteiger partial charge on any atom is 0.255 e. The lowest BCUT2D eigenvalue weighted by atomic mass is 10.2. The number of hydrogen-bond acceptors (Lipinski definition) is 5. The van der Waals surface area contributed by atoms with Crippen molar-refractivity contribution in [2.75, 3.05) is 6.54 Å². The van der Waals surface area contributed by atoms with Gasteiger partial charge < -0.3 is 5.11 Å². The topological polar surface area (TPSA) is 99.1 Å². The molecule has 0 heterocycles. The van der Waals surface area contributed by atoms with Crippen molar-refractivity contribution in [2.24, 2.45) is 5.10 Å². The molecule has 0 aromatic heterocycles. The van der Waals surface area contributed by atoms with Gasteiger partial charge in [0.25, 0.3) is 5.91 Å². The molecule has 0 bridgehead atoms. The first-order valence-electron chi connectivity index (χ1n) is 9.46. The van der Waals surface area contributed by atoms with Gasteiger partial charge in [-0.25, -0.2) is 13.8 Å². The van der Waals surface area contributed by atoms with E-state index in [4.69, 9.17) is 34.8 Å². The number of nitrogens with one attached hydrogen (secondary N) is 1. The molecule has 0 aliphatic heterocycles. The summed E-state index contributed by atoms with van der Waals surface area (Å²) >= 11 is 18.0. The Morgan fingerprint density at radius 3 is 2.24 bits per heavy atom. The van der Waals surface area contributed by atoms with Crippen LogP contribution in [0.1, 0.15) is 11.1 Å². The van der Waals surface area contributed by atoms with Crippen molar-refractivity contribution >= 4 is 56.9 Å². The predicted octanol–water partition coefficient (Wildman–Crippen LogP) is 4.69. The van der Waals surface area contributed by atoms with Crippen LogP contribution in [-0.2, 0) is 21.4 Å². The van der Waals surface area contributed by atoms with Crippen LogP contribution in [0.5, 0.6) is 5.75 Å². The second-order valence-corrected chi connectivity index (χ2v) is 10.1. The van der Waals surface area contributed by atoms with Crippen LogP contribution in [-0.4, -0.2) is 36.5 Å². The molecular formula is C22H18Cl3N3O4S. The summed E-state index contributed by atoms with van der Waals surface area (Å²) in [5.41, 5.74) is 3.41. The summed E-state index contributed by atoms with van der Waals surface area (Å²) in [6.07, 6.45) is 1.37. The lowest BCUT2D eigenvalue weighted by molar-refractivity contribution is -0.121. The van der Waals surface area contributed by atoms with Gasteiger partial charge in [-0.05, 0) is 71.8 Å². The number of hydrazone groups is 1. The maximum atomic E-state index is 13.3. The van der Waals surface area contributed by atoms with Crippen LogP contribution in [0.25, 0.3) is 0 Å². The van der Waals surface area contributed by atoms with E-state index in [0.717, 1.165) is 4.31 Å². The molecule has 3 aromatic carbocycles. The van der Waals surface area contributed by atoms with E-state index in [0.29, 0.717) is 21.2 Å². The molecule has 0 spiro atoms. The monoisotopic (exact) mass is 525 g/mol. The summed E-state index contributed by atoms with van der Waals surface area (Å²) in [6, 6.07) is 16.4. The summed E-state index contributed by atoms with van der Waals surface area (Å²) in [7, 11) is -4.08. The number of benzene rings is 3. The molecule has 1 amide bonds. The van der Waals surface area contributed by atoms with Gasteiger partial charge in [0.1, 0.15) is 5.75 Å². The van der Waals surface area contributed by atoms with E-state index in [1.165, 1.54) is 48.7 Å². The molecule has 3 aromatic rings. The SMILES string of the molecule is O=C(CN(Cc1ccc(Cl)cc1Cl)S(=O)(=O)c1ccc(Cl)cc1)N/N=C\c1ccc(O)cc1. The number of sulfonamides is 1. The van der Waals surface area contributed by atoms with E-state index in [1.807, 2.05) is 0 Å². The molecule has 0 saturated carbocycles. The zero-order valence-electron chi connectivity index (χ0n) is 17.0. The Morgan fingerprint density at radius 2 is 1.61 bits per heavy atom. The minimum absolute atomic E-state index is 0.0302. The van der Waals surface area contributed by atoms with Crippen molar-refractivity contribution < 1.29 is 18.3 Å². The minimum Gasteiger partial charge on any atom is -0.508 e. The third kappa shape index (κ3) is 6.93. The normalized spacial score (nSPS) is 11.8. The third-order valence-corrected chi connectivity index (χ3v) is 7.07. The largest absolute Gasteiger partial charge is 0.508 e. The van der Waals surface area contributed by atoms with E-state index >= 15 is 0 Å². The Kier molecular flexibility index (Phi) is 8.34. The van der Waals surface area contributed by atoms with Crippen LogP contribution in [0.2, 0.25) is 15.1 Å². The molecule has 172 valence electrons. The highest BCUT2D eigenvalue weighted by molar-refractivity contribution is 7.89. The number of hydrogen-bond donors (Lipinski definition) is 2. The quantitative estimate of drug-likeness (QED) is 0.328. The Balaban J connectivity index is 1.82. The number of phenols is 1. The van der Waals surface area contributed by atoms with Gasteiger partial charge in [-0.15, -0.1) is 0 Å². The number of amides is 1. The first-order valence-corrected chi connectivity index (χ1v) is 12.0. The Bertz CT molecular complexity index is 1270. The molecule has 2 N–H and O–H groups in total. The van der Waals surface area contributed by atoms with Gasteiger partial charge in [0.15, 0.2) is 0 Å². The van der Waals surface area contributed by atoms with Crippen LogP contribution < -0.4 is 5.43 Å². The maximum absolute atomic E-state index is 13.3. The molecule has 0 aliphatic carbocycles. The van der Waals surface area contributed by atoms with E-state index in [-0.39, 0.29) is 22.2 Å². The number of carbonyl (C=O) groups is 1. The fourth-order valence-corrected chi connectivity index (χ4v) is 4.72. The van der Waals surface area contributed by atoms with E-state index < -0.39 is 22.5 Å². The Labute approximate surface area is 206 Å². The average Bonchev–Trinajstić information content (AvgIpc) is 2.76. The predicted molar refractivity (Wildman–Crippen MR) is 129 cm³/mol. The van der Waals surface area contributed by atoms with Crippen LogP contribution in [0.4, 0.5) is 0 Å². The van der Waals surface area contributed by atoms with Gasteiger partial charge in [-0.3, -0.25) is 4.79 Å². The molecule has 11 heteroatoms. The molecule has 0 unspecified atom stereocenters. The first-order chi connectivity index (χ1) is 15.6. The standard InChI is InChI=1S/C22H18Cl3N3O4S/c23-17-5-9-20(10-6-17)33(31,32)28(13-16-3-4-18(24)11-21(16)25)14-22(30)27-26-12-15-1-7-19(29)8-2-15/h1-12,29H,13-14H2,(H,27,30)/b26-12-. The van der Waals surface area contributed by atoms with Gasteiger partial charge in [0.2, 0.25) is 10.0 Å². The Morgan fingerprint density at radius 1 is 0.970 bits per heavy atom. The summed E-state index contributed by atoms with van der Waals surface area (Å²) < 4.78 is 27.5. The second-order valence-electron chi connectivity index (χ2n) is 6.85. The van der Waals surface area contributed by atoms with Gasteiger partial charge in [0, 0.05) is 21.6 Å². The lowest BCUT2D eigenvalue weighted by Crippen LogP contribution is -2.39. The van der Waals surface area contributed by atoms with Crippen molar-refractivity contribution in [2.45, 2.75) is 11.4 Å². The highest BCUT2D eigenvalue weighted by atomic mass is 35.5. The molecule has 0 fully saturated rings. The number of carbonyl (C=O) groups excluding carboxylic acids is 1. The number of aromatic hydroxyl groups is 1. The van der Waals surface area contributed by atoms with Crippen LogP contribution >= 0.6 is 34.8 Å². The van der Waals surface area contributed by atoms with E-state index in [1.54, 1.807) is 24.3 Å².